The van der Waals surface area contributed by atoms with E-state index in [0.29, 0.717) is 32.5 Å². The SMILES string of the molecule is CCCN(C)CC(=O)N1CCC(C(=O)NN)CC1. The van der Waals surface area contributed by atoms with Gasteiger partial charge in [0.05, 0.1) is 6.54 Å². The maximum absolute atomic E-state index is 12.0. The summed E-state index contributed by atoms with van der Waals surface area (Å²) in [7, 11) is 1.95. The van der Waals surface area contributed by atoms with Gasteiger partial charge < -0.3 is 4.90 Å². The number of carbonyl (C=O) groups is 2. The number of hydrogen-bond donors (Lipinski definition) is 2. The Morgan fingerprint density at radius 1 is 1.39 bits per heavy atom. The molecule has 0 bridgehead atoms. The number of nitrogens with zero attached hydrogens (tertiary/aromatic N) is 2. The Kier molecular flexibility index (Phi) is 6.07. The molecule has 1 aliphatic rings. The Hall–Kier alpha value is -1.14. The van der Waals surface area contributed by atoms with E-state index in [2.05, 4.69) is 12.3 Å². The van der Waals surface area contributed by atoms with Crippen LogP contribution in [0.1, 0.15) is 26.2 Å². The van der Waals surface area contributed by atoms with E-state index in [4.69, 9.17) is 5.84 Å². The van der Waals surface area contributed by atoms with Crippen molar-refractivity contribution in [1.29, 1.82) is 0 Å². The molecule has 1 rings (SSSR count). The lowest BCUT2D eigenvalue weighted by Crippen LogP contribution is -2.47. The maximum atomic E-state index is 12.0. The van der Waals surface area contributed by atoms with E-state index >= 15 is 0 Å². The summed E-state index contributed by atoms with van der Waals surface area (Å²) < 4.78 is 0. The number of nitrogens with two attached hydrogens (primary N) is 1. The van der Waals surface area contributed by atoms with Crippen molar-refractivity contribution in [2.24, 2.45) is 11.8 Å². The monoisotopic (exact) mass is 256 g/mol. The Morgan fingerprint density at radius 2 is 2.00 bits per heavy atom. The number of amides is 2. The summed E-state index contributed by atoms with van der Waals surface area (Å²) in [5.74, 6) is 5.09. The molecule has 3 N–H and O–H groups in total. The summed E-state index contributed by atoms with van der Waals surface area (Å²) in [6.45, 7) is 4.78. The minimum absolute atomic E-state index is 0.0487. The summed E-state index contributed by atoms with van der Waals surface area (Å²) in [5, 5.41) is 0. The van der Waals surface area contributed by atoms with Crippen LogP contribution in [0.2, 0.25) is 0 Å². The third kappa shape index (κ3) is 4.27. The standard InChI is InChI=1S/C12H24N4O2/c1-3-6-15(2)9-11(17)16-7-4-10(5-8-16)12(18)14-13/h10H,3-9,13H2,1-2H3,(H,14,18). The van der Waals surface area contributed by atoms with Crippen LogP contribution in [0.4, 0.5) is 0 Å². The number of piperidine rings is 1. The Morgan fingerprint density at radius 3 is 2.50 bits per heavy atom. The second-order valence-electron chi connectivity index (χ2n) is 4.90. The Bertz CT molecular complexity index is 288. The number of rotatable bonds is 5. The zero-order chi connectivity index (χ0) is 13.5. The number of hydrazine groups is 1. The van der Waals surface area contributed by atoms with Crippen LogP contribution in [0.5, 0.6) is 0 Å². The summed E-state index contributed by atoms with van der Waals surface area (Å²) in [5.41, 5.74) is 2.18. The first kappa shape index (κ1) is 14.9. The molecule has 104 valence electrons. The van der Waals surface area contributed by atoms with Crippen LogP contribution < -0.4 is 11.3 Å². The molecule has 18 heavy (non-hydrogen) atoms. The predicted molar refractivity (Wildman–Crippen MR) is 69.4 cm³/mol. The van der Waals surface area contributed by atoms with E-state index in [-0.39, 0.29) is 17.7 Å². The minimum atomic E-state index is -0.120. The fourth-order valence-electron chi connectivity index (χ4n) is 2.30. The van der Waals surface area contributed by atoms with Crippen molar-refractivity contribution in [3.05, 3.63) is 0 Å². The number of likely N-dealkylation sites (tertiary alicyclic amines) is 1. The Labute approximate surface area is 108 Å². The quantitative estimate of drug-likeness (QED) is 0.397. The molecule has 1 aliphatic heterocycles. The van der Waals surface area contributed by atoms with E-state index < -0.39 is 0 Å². The molecule has 1 heterocycles. The lowest BCUT2D eigenvalue weighted by atomic mass is 9.96. The van der Waals surface area contributed by atoms with Gasteiger partial charge in [0.15, 0.2) is 0 Å². The highest BCUT2D eigenvalue weighted by Gasteiger charge is 2.26. The average Bonchev–Trinajstić information content (AvgIpc) is 2.38. The topological polar surface area (TPSA) is 78.7 Å². The van der Waals surface area contributed by atoms with Gasteiger partial charge in [-0.05, 0) is 32.9 Å². The van der Waals surface area contributed by atoms with Crippen LogP contribution in [-0.4, -0.2) is 54.8 Å². The molecule has 0 radical (unpaired) electrons. The van der Waals surface area contributed by atoms with Crippen molar-refractivity contribution in [1.82, 2.24) is 15.2 Å². The third-order valence-corrected chi connectivity index (χ3v) is 3.37. The molecular formula is C12H24N4O2. The molecule has 6 nitrogen and oxygen atoms in total. The van der Waals surface area contributed by atoms with Crippen molar-refractivity contribution in [2.75, 3.05) is 33.2 Å². The van der Waals surface area contributed by atoms with Crippen LogP contribution in [0.15, 0.2) is 0 Å². The highest BCUT2D eigenvalue weighted by Crippen LogP contribution is 2.17. The van der Waals surface area contributed by atoms with Gasteiger partial charge in [0.1, 0.15) is 0 Å². The van der Waals surface area contributed by atoms with Gasteiger partial charge in [-0.3, -0.25) is 19.9 Å². The number of likely N-dealkylation sites (N-methyl/N-ethyl adjacent to an activating group) is 1. The van der Waals surface area contributed by atoms with Crippen LogP contribution in [0.25, 0.3) is 0 Å². The lowest BCUT2D eigenvalue weighted by molar-refractivity contribution is -0.136. The molecule has 0 atom stereocenters. The second-order valence-corrected chi connectivity index (χ2v) is 4.90. The molecule has 6 heteroatoms. The molecule has 1 fully saturated rings. The van der Waals surface area contributed by atoms with E-state index in [9.17, 15) is 9.59 Å². The van der Waals surface area contributed by atoms with E-state index in [1.54, 1.807) is 0 Å². The molecule has 0 unspecified atom stereocenters. The fraction of sp³-hybridized carbons (Fsp3) is 0.833. The van der Waals surface area contributed by atoms with Gasteiger partial charge >= 0.3 is 0 Å². The molecular weight excluding hydrogens is 232 g/mol. The lowest BCUT2D eigenvalue weighted by Gasteiger charge is -2.32. The zero-order valence-corrected chi connectivity index (χ0v) is 11.3. The van der Waals surface area contributed by atoms with Crippen molar-refractivity contribution >= 4 is 11.8 Å². The van der Waals surface area contributed by atoms with Gasteiger partial charge in [-0.15, -0.1) is 0 Å². The number of hydrogen-bond acceptors (Lipinski definition) is 4. The van der Waals surface area contributed by atoms with Gasteiger partial charge in [0.25, 0.3) is 0 Å². The van der Waals surface area contributed by atoms with Gasteiger partial charge in [-0.2, -0.15) is 0 Å². The van der Waals surface area contributed by atoms with Crippen molar-refractivity contribution in [3.63, 3.8) is 0 Å². The molecule has 0 saturated carbocycles. The second kappa shape index (κ2) is 7.33. The third-order valence-electron chi connectivity index (χ3n) is 3.37. The van der Waals surface area contributed by atoms with Crippen molar-refractivity contribution in [2.45, 2.75) is 26.2 Å². The van der Waals surface area contributed by atoms with E-state index in [1.165, 1.54) is 0 Å². The van der Waals surface area contributed by atoms with E-state index in [0.717, 1.165) is 13.0 Å². The molecule has 1 saturated heterocycles. The minimum Gasteiger partial charge on any atom is -0.342 e. The van der Waals surface area contributed by atoms with Gasteiger partial charge in [0.2, 0.25) is 11.8 Å². The Balaban J connectivity index is 2.33. The fourth-order valence-corrected chi connectivity index (χ4v) is 2.30. The van der Waals surface area contributed by atoms with Crippen LogP contribution in [-0.2, 0) is 9.59 Å². The summed E-state index contributed by atoms with van der Waals surface area (Å²) in [6, 6.07) is 0. The maximum Gasteiger partial charge on any atom is 0.237 e. The number of nitrogens with one attached hydrogen (secondary N) is 1. The molecule has 0 aromatic carbocycles. The summed E-state index contributed by atoms with van der Waals surface area (Å²) in [6.07, 6.45) is 2.45. The first-order chi connectivity index (χ1) is 8.58. The van der Waals surface area contributed by atoms with Crippen molar-refractivity contribution in [3.8, 4) is 0 Å². The zero-order valence-electron chi connectivity index (χ0n) is 11.3. The highest BCUT2D eigenvalue weighted by atomic mass is 16.2. The molecule has 0 aliphatic carbocycles. The average molecular weight is 256 g/mol. The first-order valence-corrected chi connectivity index (χ1v) is 6.55. The molecule has 0 spiro atoms. The molecule has 0 aromatic rings. The normalized spacial score (nSPS) is 17.0. The predicted octanol–water partition coefficient (Wildman–Crippen LogP) is -0.443. The van der Waals surface area contributed by atoms with Crippen LogP contribution >= 0.6 is 0 Å². The highest BCUT2D eigenvalue weighted by molar-refractivity contribution is 5.80. The van der Waals surface area contributed by atoms with E-state index in [1.807, 2.05) is 16.8 Å². The largest absolute Gasteiger partial charge is 0.342 e. The van der Waals surface area contributed by atoms with Crippen LogP contribution in [0.3, 0.4) is 0 Å². The summed E-state index contributed by atoms with van der Waals surface area (Å²) in [4.78, 5) is 27.2. The molecule has 2 amide bonds. The van der Waals surface area contributed by atoms with Crippen molar-refractivity contribution < 1.29 is 9.59 Å². The molecule has 0 aromatic heterocycles. The smallest absolute Gasteiger partial charge is 0.237 e. The number of carbonyl (C=O) groups excluding carboxylic acids is 2. The van der Waals surface area contributed by atoms with Gasteiger partial charge in [0, 0.05) is 19.0 Å². The van der Waals surface area contributed by atoms with Gasteiger partial charge in [-0.25, -0.2) is 5.84 Å². The first-order valence-electron chi connectivity index (χ1n) is 6.55. The van der Waals surface area contributed by atoms with Crippen LogP contribution in [0, 0.1) is 5.92 Å². The van der Waals surface area contributed by atoms with Gasteiger partial charge in [-0.1, -0.05) is 6.92 Å². The summed E-state index contributed by atoms with van der Waals surface area (Å²) >= 11 is 0.